The van der Waals surface area contributed by atoms with Crippen LogP contribution in [-0.2, 0) is 6.54 Å². The third kappa shape index (κ3) is 5.02. The molecular weight excluding hydrogens is 252 g/mol. The van der Waals surface area contributed by atoms with E-state index in [1.165, 1.54) is 5.56 Å². The quantitative estimate of drug-likeness (QED) is 0.784. The molecule has 1 aromatic rings. The molecule has 0 aliphatic carbocycles. The topological polar surface area (TPSA) is 42.5 Å². The minimum atomic E-state index is 0.204. The first-order chi connectivity index (χ1) is 9.54. The van der Waals surface area contributed by atoms with Gasteiger partial charge in [-0.25, -0.2) is 0 Å². The SMILES string of the molecule is CC(C)(C)NCCCNCc1ccc2c(c1)OCCO2. The van der Waals surface area contributed by atoms with Crippen LogP contribution < -0.4 is 20.1 Å². The molecule has 0 bridgehead atoms. The van der Waals surface area contributed by atoms with E-state index in [-0.39, 0.29) is 5.54 Å². The van der Waals surface area contributed by atoms with Gasteiger partial charge in [0.05, 0.1) is 0 Å². The Bertz CT molecular complexity index is 427. The van der Waals surface area contributed by atoms with Crippen molar-refractivity contribution in [2.45, 2.75) is 39.3 Å². The van der Waals surface area contributed by atoms with E-state index in [4.69, 9.17) is 9.47 Å². The van der Waals surface area contributed by atoms with E-state index in [1.807, 2.05) is 6.07 Å². The molecular formula is C16H26N2O2. The van der Waals surface area contributed by atoms with E-state index in [9.17, 15) is 0 Å². The van der Waals surface area contributed by atoms with Crippen LogP contribution in [0.2, 0.25) is 0 Å². The van der Waals surface area contributed by atoms with E-state index in [0.29, 0.717) is 13.2 Å². The Kier molecular flexibility index (Phi) is 5.26. The molecule has 0 fully saturated rings. The normalized spacial score (nSPS) is 14.3. The number of benzene rings is 1. The Hall–Kier alpha value is -1.26. The van der Waals surface area contributed by atoms with Crippen LogP contribution in [0, 0.1) is 0 Å². The predicted molar refractivity (Wildman–Crippen MR) is 81.5 cm³/mol. The van der Waals surface area contributed by atoms with Gasteiger partial charge in [0.2, 0.25) is 0 Å². The van der Waals surface area contributed by atoms with Crippen molar-refractivity contribution in [1.29, 1.82) is 0 Å². The van der Waals surface area contributed by atoms with E-state index in [0.717, 1.165) is 37.6 Å². The summed E-state index contributed by atoms with van der Waals surface area (Å²) < 4.78 is 11.1. The smallest absolute Gasteiger partial charge is 0.161 e. The largest absolute Gasteiger partial charge is 0.486 e. The maximum absolute atomic E-state index is 5.58. The van der Waals surface area contributed by atoms with Crippen molar-refractivity contribution in [1.82, 2.24) is 10.6 Å². The van der Waals surface area contributed by atoms with Gasteiger partial charge in [-0.2, -0.15) is 0 Å². The maximum atomic E-state index is 5.58. The molecule has 112 valence electrons. The van der Waals surface area contributed by atoms with Gasteiger partial charge in [0.15, 0.2) is 11.5 Å². The fourth-order valence-corrected chi connectivity index (χ4v) is 2.11. The molecule has 0 unspecified atom stereocenters. The molecule has 0 radical (unpaired) electrons. The summed E-state index contributed by atoms with van der Waals surface area (Å²) in [4.78, 5) is 0. The molecule has 1 aliphatic heterocycles. The fraction of sp³-hybridized carbons (Fsp3) is 0.625. The lowest BCUT2D eigenvalue weighted by molar-refractivity contribution is 0.171. The monoisotopic (exact) mass is 278 g/mol. The van der Waals surface area contributed by atoms with E-state index >= 15 is 0 Å². The molecule has 4 heteroatoms. The van der Waals surface area contributed by atoms with E-state index in [1.54, 1.807) is 0 Å². The number of nitrogens with one attached hydrogen (secondary N) is 2. The van der Waals surface area contributed by atoms with Gasteiger partial charge in [0.25, 0.3) is 0 Å². The Morgan fingerprint density at radius 2 is 1.80 bits per heavy atom. The third-order valence-electron chi connectivity index (χ3n) is 3.12. The molecule has 1 heterocycles. The van der Waals surface area contributed by atoms with Gasteiger partial charge < -0.3 is 20.1 Å². The first-order valence-corrected chi connectivity index (χ1v) is 7.39. The molecule has 1 aliphatic rings. The molecule has 1 aromatic carbocycles. The molecule has 20 heavy (non-hydrogen) atoms. The van der Waals surface area contributed by atoms with Crippen LogP contribution >= 0.6 is 0 Å². The van der Waals surface area contributed by atoms with Crippen LogP contribution in [0.25, 0.3) is 0 Å². The minimum absolute atomic E-state index is 0.204. The minimum Gasteiger partial charge on any atom is -0.486 e. The average Bonchev–Trinajstić information content (AvgIpc) is 2.41. The van der Waals surface area contributed by atoms with Gasteiger partial charge >= 0.3 is 0 Å². The standard InChI is InChI=1S/C16H26N2O2/c1-16(2,3)18-8-4-7-17-12-13-5-6-14-15(11-13)20-10-9-19-14/h5-6,11,17-18H,4,7-10,12H2,1-3H3. The molecule has 0 amide bonds. The summed E-state index contributed by atoms with van der Waals surface area (Å²) in [6.45, 7) is 10.8. The molecule has 0 saturated heterocycles. The first-order valence-electron chi connectivity index (χ1n) is 7.39. The average molecular weight is 278 g/mol. The van der Waals surface area contributed by atoms with Crippen LogP contribution in [0.15, 0.2) is 18.2 Å². The van der Waals surface area contributed by atoms with Crippen molar-refractivity contribution in [2.24, 2.45) is 0 Å². The number of hydrogen-bond acceptors (Lipinski definition) is 4. The van der Waals surface area contributed by atoms with Gasteiger partial charge in [-0.15, -0.1) is 0 Å². The van der Waals surface area contributed by atoms with Crippen LogP contribution in [-0.4, -0.2) is 31.8 Å². The number of rotatable bonds is 6. The number of hydrogen-bond donors (Lipinski definition) is 2. The predicted octanol–water partition coefficient (Wildman–Crippen LogP) is 2.33. The van der Waals surface area contributed by atoms with Crippen LogP contribution in [0.5, 0.6) is 11.5 Å². The number of fused-ring (bicyclic) bond motifs is 1. The Labute approximate surface area is 121 Å². The van der Waals surface area contributed by atoms with Gasteiger partial charge in [0, 0.05) is 12.1 Å². The lowest BCUT2D eigenvalue weighted by Crippen LogP contribution is -2.37. The second kappa shape index (κ2) is 6.95. The summed E-state index contributed by atoms with van der Waals surface area (Å²) >= 11 is 0. The summed E-state index contributed by atoms with van der Waals surface area (Å²) in [5.74, 6) is 1.72. The molecule has 0 spiro atoms. The van der Waals surface area contributed by atoms with Crippen molar-refractivity contribution in [3.8, 4) is 11.5 Å². The van der Waals surface area contributed by atoms with Crippen molar-refractivity contribution in [2.75, 3.05) is 26.3 Å². The van der Waals surface area contributed by atoms with Crippen molar-refractivity contribution < 1.29 is 9.47 Å². The zero-order valence-corrected chi connectivity index (χ0v) is 12.8. The molecule has 0 aromatic heterocycles. The summed E-state index contributed by atoms with van der Waals surface area (Å²) in [6.07, 6.45) is 1.13. The highest BCUT2D eigenvalue weighted by Gasteiger charge is 2.11. The highest BCUT2D eigenvalue weighted by Crippen LogP contribution is 2.30. The Balaban J connectivity index is 1.67. The Morgan fingerprint density at radius 3 is 2.55 bits per heavy atom. The highest BCUT2D eigenvalue weighted by molar-refractivity contribution is 5.43. The van der Waals surface area contributed by atoms with E-state index in [2.05, 4.69) is 43.5 Å². The molecule has 4 nitrogen and oxygen atoms in total. The lowest BCUT2D eigenvalue weighted by atomic mass is 10.1. The molecule has 0 saturated carbocycles. The van der Waals surface area contributed by atoms with Gasteiger partial charge in [-0.1, -0.05) is 6.07 Å². The zero-order chi connectivity index (χ0) is 14.4. The summed E-state index contributed by atoms with van der Waals surface area (Å²) in [6, 6.07) is 6.15. The molecule has 2 N–H and O–H groups in total. The third-order valence-corrected chi connectivity index (χ3v) is 3.12. The second-order valence-corrected chi connectivity index (χ2v) is 6.19. The van der Waals surface area contributed by atoms with Gasteiger partial charge in [-0.3, -0.25) is 0 Å². The van der Waals surface area contributed by atoms with E-state index < -0.39 is 0 Å². The lowest BCUT2D eigenvalue weighted by Gasteiger charge is -2.20. The number of ether oxygens (including phenoxy) is 2. The molecule has 2 rings (SSSR count). The Morgan fingerprint density at radius 1 is 1.05 bits per heavy atom. The zero-order valence-electron chi connectivity index (χ0n) is 12.8. The second-order valence-electron chi connectivity index (χ2n) is 6.19. The maximum Gasteiger partial charge on any atom is 0.161 e. The fourth-order valence-electron chi connectivity index (χ4n) is 2.11. The summed E-state index contributed by atoms with van der Waals surface area (Å²) in [5.41, 5.74) is 1.44. The van der Waals surface area contributed by atoms with Crippen molar-refractivity contribution in [3.05, 3.63) is 23.8 Å². The summed E-state index contributed by atoms with van der Waals surface area (Å²) in [7, 11) is 0. The van der Waals surface area contributed by atoms with Gasteiger partial charge in [0.1, 0.15) is 13.2 Å². The van der Waals surface area contributed by atoms with Gasteiger partial charge in [-0.05, 0) is 58.0 Å². The first kappa shape index (κ1) is 15.1. The van der Waals surface area contributed by atoms with Crippen LogP contribution in [0.3, 0.4) is 0 Å². The molecule has 0 atom stereocenters. The van der Waals surface area contributed by atoms with Crippen molar-refractivity contribution >= 4 is 0 Å². The highest BCUT2D eigenvalue weighted by atomic mass is 16.6. The van der Waals surface area contributed by atoms with Crippen molar-refractivity contribution in [3.63, 3.8) is 0 Å². The summed E-state index contributed by atoms with van der Waals surface area (Å²) in [5, 5.41) is 6.94. The van der Waals surface area contributed by atoms with Crippen LogP contribution in [0.4, 0.5) is 0 Å². The van der Waals surface area contributed by atoms with Crippen LogP contribution in [0.1, 0.15) is 32.8 Å².